The molecule has 1 aliphatic heterocycles. The van der Waals surface area contributed by atoms with Crippen LogP contribution in [-0.4, -0.2) is 39.1 Å². The fourth-order valence-electron chi connectivity index (χ4n) is 1.61. The molecule has 0 aromatic carbocycles. The van der Waals surface area contributed by atoms with Crippen LogP contribution in [0.5, 0.6) is 6.01 Å². The molecule has 7 heteroatoms. The molecule has 0 spiro atoms. The zero-order valence-electron chi connectivity index (χ0n) is 9.65. The van der Waals surface area contributed by atoms with Crippen LogP contribution in [-0.2, 0) is 0 Å². The van der Waals surface area contributed by atoms with E-state index in [1.807, 2.05) is 18.7 Å². The Morgan fingerprint density at radius 2 is 2.12 bits per heavy atom. The molecule has 1 aromatic rings. The first-order valence-corrected chi connectivity index (χ1v) is 7.20. The number of aromatic nitrogens is 3. The summed E-state index contributed by atoms with van der Waals surface area (Å²) in [5, 5.41) is 3.44. The predicted octanol–water partition coefficient (Wildman–Crippen LogP) is 2.23. The molecule has 1 saturated heterocycles. The second kappa shape index (κ2) is 6.26. The van der Waals surface area contributed by atoms with E-state index in [2.05, 4.69) is 20.3 Å². The van der Waals surface area contributed by atoms with E-state index in [0.717, 1.165) is 12.8 Å². The fourth-order valence-corrected chi connectivity index (χ4v) is 2.87. The first kappa shape index (κ1) is 12.7. The first-order chi connectivity index (χ1) is 8.28. The van der Waals surface area contributed by atoms with Gasteiger partial charge in [-0.2, -0.15) is 26.7 Å². The van der Waals surface area contributed by atoms with Gasteiger partial charge >= 0.3 is 6.01 Å². The van der Waals surface area contributed by atoms with Crippen molar-refractivity contribution in [2.75, 3.05) is 23.4 Å². The third-order valence-corrected chi connectivity index (χ3v) is 3.63. The summed E-state index contributed by atoms with van der Waals surface area (Å²) >= 11 is 7.80. The van der Waals surface area contributed by atoms with Crippen LogP contribution in [0.15, 0.2) is 0 Å². The normalized spacial score (nSPS) is 16.8. The van der Waals surface area contributed by atoms with E-state index in [4.69, 9.17) is 16.3 Å². The van der Waals surface area contributed by atoms with Crippen LogP contribution in [0.2, 0.25) is 5.28 Å². The third-order valence-electron chi connectivity index (χ3n) is 2.42. The van der Waals surface area contributed by atoms with Crippen molar-refractivity contribution >= 4 is 29.3 Å². The minimum Gasteiger partial charge on any atom is -0.464 e. The molecular formula is C10H15ClN4OS. The molecule has 94 valence electrons. The molecule has 1 aromatic heterocycles. The highest BCUT2D eigenvalue weighted by atomic mass is 35.5. The van der Waals surface area contributed by atoms with E-state index < -0.39 is 0 Å². The number of thioether (sulfide) groups is 1. The fraction of sp³-hybridized carbons (Fsp3) is 0.700. The molecule has 5 nitrogen and oxygen atoms in total. The maximum Gasteiger partial charge on any atom is 0.322 e. The van der Waals surface area contributed by atoms with Gasteiger partial charge in [0, 0.05) is 6.04 Å². The van der Waals surface area contributed by atoms with Crippen molar-refractivity contribution in [1.82, 2.24) is 15.0 Å². The number of anilines is 1. The van der Waals surface area contributed by atoms with E-state index in [0.29, 0.717) is 18.6 Å². The van der Waals surface area contributed by atoms with Gasteiger partial charge in [0.15, 0.2) is 0 Å². The minimum atomic E-state index is 0.163. The highest BCUT2D eigenvalue weighted by Crippen LogP contribution is 2.20. The maximum absolute atomic E-state index is 5.82. The molecule has 0 aliphatic carbocycles. The summed E-state index contributed by atoms with van der Waals surface area (Å²) < 4.78 is 5.23. The van der Waals surface area contributed by atoms with Crippen molar-refractivity contribution in [2.45, 2.75) is 25.8 Å². The molecule has 1 N–H and O–H groups in total. The number of nitrogens with one attached hydrogen (secondary N) is 1. The van der Waals surface area contributed by atoms with Crippen molar-refractivity contribution in [3.05, 3.63) is 5.28 Å². The SMILES string of the molecule is CCOc1nc(Cl)nc(NC2CCSCC2)n1. The zero-order valence-corrected chi connectivity index (χ0v) is 11.2. The average Bonchev–Trinajstić information content (AvgIpc) is 2.30. The smallest absolute Gasteiger partial charge is 0.322 e. The molecule has 1 fully saturated rings. The predicted molar refractivity (Wildman–Crippen MR) is 70.0 cm³/mol. The Labute approximate surface area is 110 Å². The standard InChI is InChI=1S/C10H15ClN4OS/c1-2-16-10-14-8(11)13-9(15-10)12-7-3-5-17-6-4-7/h7H,2-6H2,1H3,(H,12,13,14,15). The Bertz CT molecular complexity index is 373. The van der Waals surface area contributed by atoms with E-state index in [-0.39, 0.29) is 11.3 Å². The van der Waals surface area contributed by atoms with Gasteiger partial charge in [0.2, 0.25) is 11.2 Å². The van der Waals surface area contributed by atoms with E-state index in [1.165, 1.54) is 11.5 Å². The monoisotopic (exact) mass is 274 g/mol. The summed E-state index contributed by atoms with van der Waals surface area (Å²) in [5.74, 6) is 2.86. The Kier molecular flexibility index (Phi) is 4.67. The molecule has 0 atom stereocenters. The van der Waals surface area contributed by atoms with E-state index in [9.17, 15) is 0 Å². The van der Waals surface area contributed by atoms with Gasteiger partial charge in [-0.3, -0.25) is 0 Å². The molecule has 0 unspecified atom stereocenters. The van der Waals surface area contributed by atoms with Crippen molar-refractivity contribution in [1.29, 1.82) is 0 Å². The van der Waals surface area contributed by atoms with Crippen LogP contribution >= 0.6 is 23.4 Å². The van der Waals surface area contributed by atoms with Crippen molar-refractivity contribution in [3.8, 4) is 6.01 Å². The van der Waals surface area contributed by atoms with Gasteiger partial charge in [-0.1, -0.05) is 0 Å². The summed E-state index contributed by atoms with van der Waals surface area (Å²) in [6, 6.07) is 0.698. The summed E-state index contributed by atoms with van der Waals surface area (Å²) in [6.07, 6.45) is 2.25. The van der Waals surface area contributed by atoms with Crippen LogP contribution in [0, 0.1) is 0 Å². The highest BCUT2D eigenvalue weighted by Gasteiger charge is 2.15. The van der Waals surface area contributed by atoms with E-state index in [1.54, 1.807) is 0 Å². The van der Waals surface area contributed by atoms with Gasteiger partial charge in [-0.15, -0.1) is 0 Å². The zero-order chi connectivity index (χ0) is 12.1. The van der Waals surface area contributed by atoms with Gasteiger partial charge in [0.05, 0.1) is 6.61 Å². The van der Waals surface area contributed by atoms with Crippen LogP contribution in [0.4, 0.5) is 5.95 Å². The molecule has 0 saturated carbocycles. The number of ether oxygens (including phenoxy) is 1. The second-order valence-electron chi connectivity index (χ2n) is 3.67. The van der Waals surface area contributed by atoms with Crippen LogP contribution in [0.25, 0.3) is 0 Å². The molecule has 0 amide bonds. The number of hydrogen-bond acceptors (Lipinski definition) is 6. The molecule has 2 rings (SSSR count). The van der Waals surface area contributed by atoms with Crippen LogP contribution < -0.4 is 10.1 Å². The summed E-state index contributed by atoms with van der Waals surface area (Å²) in [4.78, 5) is 12.1. The molecule has 17 heavy (non-hydrogen) atoms. The van der Waals surface area contributed by atoms with Crippen molar-refractivity contribution in [3.63, 3.8) is 0 Å². The molecule has 0 radical (unpaired) electrons. The van der Waals surface area contributed by atoms with Crippen LogP contribution in [0.1, 0.15) is 19.8 Å². The van der Waals surface area contributed by atoms with Gasteiger partial charge in [0.1, 0.15) is 0 Å². The third kappa shape index (κ3) is 3.89. The largest absolute Gasteiger partial charge is 0.464 e. The Morgan fingerprint density at radius 3 is 2.82 bits per heavy atom. The number of rotatable bonds is 4. The van der Waals surface area contributed by atoms with Crippen molar-refractivity contribution in [2.24, 2.45) is 0 Å². The topological polar surface area (TPSA) is 59.9 Å². The highest BCUT2D eigenvalue weighted by molar-refractivity contribution is 7.99. The van der Waals surface area contributed by atoms with Gasteiger partial charge in [-0.25, -0.2) is 0 Å². The summed E-state index contributed by atoms with van der Waals surface area (Å²) in [6.45, 7) is 2.39. The van der Waals surface area contributed by atoms with Gasteiger partial charge < -0.3 is 10.1 Å². The molecule has 2 heterocycles. The lowest BCUT2D eigenvalue weighted by atomic mass is 10.2. The first-order valence-electron chi connectivity index (χ1n) is 5.66. The van der Waals surface area contributed by atoms with Crippen molar-refractivity contribution < 1.29 is 4.74 Å². The molecular weight excluding hydrogens is 260 g/mol. The van der Waals surface area contributed by atoms with Crippen LogP contribution in [0.3, 0.4) is 0 Å². The lowest BCUT2D eigenvalue weighted by Crippen LogP contribution is -2.25. The maximum atomic E-state index is 5.82. The summed E-state index contributed by atoms with van der Waals surface area (Å²) in [7, 11) is 0. The lowest BCUT2D eigenvalue weighted by molar-refractivity contribution is 0.312. The van der Waals surface area contributed by atoms with Gasteiger partial charge in [0.25, 0.3) is 0 Å². The Balaban J connectivity index is 2.03. The summed E-state index contributed by atoms with van der Waals surface area (Å²) in [5.41, 5.74) is 0. The lowest BCUT2D eigenvalue weighted by Gasteiger charge is -2.22. The quantitative estimate of drug-likeness (QED) is 0.909. The minimum absolute atomic E-state index is 0.163. The second-order valence-corrected chi connectivity index (χ2v) is 5.24. The van der Waals surface area contributed by atoms with Gasteiger partial charge in [-0.05, 0) is 42.9 Å². The number of halogens is 1. The Morgan fingerprint density at radius 1 is 1.35 bits per heavy atom. The molecule has 0 bridgehead atoms. The number of hydrogen-bond donors (Lipinski definition) is 1. The average molecular weight is 275 g/mol. The van der Waals surface area contributed by atoms with E-state index >= 15 is 0 Å². The number of nitrogens with zero attached hydrogens (tertiary/aromatic N) is 3. The Hall–Kier alpha value is -0.750. The molecule has 1 aliphatic rings.